The van der Waals surface area contributed by atoms with Gasteiger partial charge in [0.2, 0.25) is 5.91 Å². The molecule has 0 heterocycles. The number of carboxylic acid groups (broad SMARTS) is 1. The Labute approximate surface area is 119 Å². The predicted octanol–water partition coefficient (Wildman–Crippen LogP) is 0.961. The van der Waals surface area contributed by atoms with Gasteiger partial charge < -0.3 is 10.4 Å². The maximum Gasteiger partial charge on any atom is 0.308 e. The van der Waals surface area contributed by atoms with Crippen LogP contribution < -0.4 is 5.32 Å². The summed E-state index contributed by atoms with van der Waals surface area (Å²) in [6, 6.07) is 0. The third-order valence-electron chi connectivity index (χ3n) is 3.67. The molecule has 1 unspecified atom stereocenters. The SMILES string of the molecule is CCCC(CNC(=O)CS(=O)(=O)C1CCCC1)C(=O)O. The van der Waals surface area contributed by atoms with Crippen molar-refractivity contribution in [2.75, 3.05) is 12.3 Å². The van der Waals surface area contributed by atoms with Gasteiger partial charge in [0.25, 0.3) is 0 Å². The zero-order valence-corrected chi connectivity index (χ0v) is 12.6. The molecule has 1 aliphatic carbocycles. The number of carbonyl (C=O) groups is 2. The Morgan fingerprint density at radius 2 is 1.90 bits per heavy atom. The van der Waals surface area contributed by atoms with Crippen molar-refractivity contribution in [2.24, 2.45) is 5.92 Å². The summed E-state index contributed by atoms with van der Waals surface area (Å²) in [4.78, 5) is 22.6. The van der Waals surface area contributed by atoms with Crippen molar-refractivity contribution in [3.8, 4) is 0 Å². The second-order valence-corrected chi connectivity index (χ2v) is 7.62. The van der Waals surface area contributed by atoms with E-state index in [-0.39, 0.29) is 6.54 Å². The summed E-state index contributed by atoms with van der Waals surface area (Å²) >= 11 is 0. The Kier molecular flexibility index (Phi) is 6.45. The Hall–Kier alpha value is -1.11. The van der Waals surface area contributed by atoms with E-state index in [4.69, 9.17) is 5.11 Å². The molecule has 1 atom stereocenters. The van der Waals surface area contributed by atoms with Crippen LogP contribution in [0.25, 0.3) is 0 Å². The Morgan fingerprint density at radius 1 is 1.30 bits per heavy atom. The molecule has 1 rings (SSSR count). The summed E-state index contributed by atoms with van der Waals surface area (Å²) in [7, 11) is -3.40. The normalized spacial score (nSPS) is 17.9. The first kappa shape index (κ1) is 16.9. The van der Waals surface area contributed by atoms with Gasteiger partial charge in [-0.15, -0.1) is 0 Å². The molecule has 0 aliphatic heterocycles. The lowest BCUT2D eigenvalue weighted by molar-refractivity contribution is -0.141. The van der Waals surface area contributed by atoms with Crippen molar-refractivity contribution in [2.45, 2.75) is 50.7 Å². The minimum Gasteiger partial charge on any atom is -0.481 e. The molecule has 0 aromatic heterocycles. The molecule has 1 fully saturated rings. The van der Waals surface area contributed by atoms with Crippen molar-refractivity contribution < 1.29 is 23.1 Å². The summed E-state index contributed by atoms with van der Waals surface area (Å²) in [6.45, 7) is 1.85. The Bertz CT molecular complexity index is 440. The van der Waals surface area contributed by atoms with Crippen LogP contribution in [0.4, 0.5) is 0 Å². The van der Waals surface area contributed by atoms with E-state index in [1.165, 1.54) is 0 Å². The Balaban J connectivity index is 2.44. The molecule has 0 radical (unpaired) electrons. The maximum absolute atomic E-state index is 12.0. The summed E-state index contributed by atoms with van der Waals surface area (Å²) in [5.74, 6) is -2.75. The average Bonchev–Trinajstić information content (AvgIpc) is 2.87. The number of sulfone groups is 1. The third kappa shape index (κ3) is 5.11. The average molecular weight is 305 g/mol. The van der Waals surface area contributed by atoms with Gasteiger partial charge in [-0.05, 0) is 19.3 Å². The van der Waals surface area contributed by atoms with Gasteiger partial charge in [0.15, 0.2) is 9.84 Å². The van der Waals surface area contributed by atoms with Crippen LogP contribution in [-0.4, -0.2) is 42.9 Å². The van der Waals surface area contributed by atoms with Gasteiger partial charge in [-0.1, -0.05) is 26.2 Å². The zero-order valence-electron chi connectivity index (χ0n) is 11.8. The molecule has 20 heavy (non-hydrogen) atoms. The van der Waals surface area contributed by atoms with Gasteiger partial charge in [-0.25, -0.2) is 8.42 Å². The standard InChI is InChI=1S/C13H23NO5S/c1-2-5-10(13(16)17)8-14-12(15)9-20(18,19)11-6-3-4-7-11/h10-11H,2-9H2,1H3,(H,14,15)(H,16,17). The van der Waals surface area contributed by atoms with Crippen LogP contribution in [0, 0.1) is 5.92 Å². The molecular weight excluding hydrogens is 282 g/mol. The van der Waals surface area contributed by atoms with Gasteiger partial charge in [-0.2, -0.15) is 0 Å². The van der Waals surface area contributed by atoms with E-state index in [0.29, 0.717) is 25.7 Å². The van der Waals surface area contributed by atoms with Crippen LogP contribution in [0.1, 0.15) is 45.4 Å². The lowest BCUT2D eigenvalue weighted by Crippen LogP contribution is -2.38. The summed E-state index contributed by atoms with van der Waals surface area (Å²) < 4.78 is 23.9. The molecule has 0 saturated heterocycles. The molecule has 116 valence electrons. The van der Waals surface area contributed by atoms with Crippen LogP contribution >= 0.6 is 0 Å². The first-order valence-corrected chi connectivity index (χ1v) is 8.79. The van der Waals surface area contributed by atoms with Crippen LogP contribution in [0.2, 0.25) is 0 Å². The molecule has 6 nitrogen and oxygen atoms in total. The van der Waals surface area contributed by atoms with Gasteiger partial charge >= 0.3 is 5.97 Å². The minimum absolute atomic E-state index is 0.0117. The number of rotatable bonds is 8. The fourth-order valence-electron chi connectivity index (χ4n) is 2.50. The van der Waals surface area contributed by atoms with Crippen LogP contribution in [0.5, 0.6) is 0 Å². The highest BCUT2D eigenvalue weighted by atomic mass is 32.2. The monoisotopic (exact) mass is 305 g/mol. The van der Waals surface area contributed by atoms with E-state index >= 15 is 0 Å². The van der Waals surface area contributed by atoms with E-state index < -0.39 is 38.6 Å². The number of aliphatic carboxylic acids is 1. The highest BCUT2D eigenvalue weighted by Gasteiger charge is 2.30. The number of nitrogens with one attached hydrogen (secondary N) is 1. The highest BCUT2D eigenvalue weighted by molar-refractivity contribution is 7.92. The van der Waals surface area contributed by atoms with E-state index in [1.54, 1.807) is 0 Å². The molecule has 0 spiro atoms. The fourth-order valence-corrected chi connectivity index (χ4v) is 4.25. The second kappa shape index (κ2) is 7.61. The summed E-state index contributed by atoms with van der Waals surface area (Å²) in [6.07, 6.45) is 4.21. The molecule has 1 saturated carbocycles. The predicted molar refractivity (Wildman–Crippen MR) is 75.1 cm³/mol. The second-order valence-electron chi connectivity index (χ2n) is 5.34. The van der Waals surface area contributed by atoms with Gasteiger partial charge in [-0.3, -0.25) is 9.59 Å². The summed E-state index contributed by atoms with van der Waals surface area (Å²) in [5.41, 5.74) is 0. The quantitative estimate of drug-likeness (QED) is 0.695. The lowest BCUT2D eigenvalue weighted by atomic mass is 10.0. The fraction of sp³-hybridized carbons (Fsp3) is 0.846. The van der Waals surface area contributed by atoms with Crippen LogP contribution in [-0.2, 0) is 19.4 Å². The maximum atomic E-state index is 12.0. The van der Waals surface area contributed by atoms with Gasteiger partial charge in [0, 0.05) is 6.54 Å². The van der Waals surface area contributed by atoms with Gasteiger partial charge in [0.1, 0.15) is 5.75 Å². The lowest BCUT2D eigenvalue weighted by Gasteiger charge is -2.14. The van der Waals surface area contributed by atoms with Crippen molar-refractivity contribution in [3.63, 3.8) is 0 Å². The number of hydrogen-bond acceptors (Lipinski definition) is 4. The van der Waals surface area contributed by atoms with E-state index in [9.17, 15) is 18.0 Å². The van der Waals surface area contributed by atoms with Crippen molar-refractivity contribution in [3.05, 3.63) is 0 Å². The van der Waals surface area contributed by atoms with Crippen molar-refractivity contribution in [1.29, 1.82) is 0 Å². The van der Waals surface area contributed by atoms with Crippen LogP contribution in [0.3, 0.4) is 0 Å². The molecule has 0 aromatic rings. The van der Waals surface area contributed by atoms with E-state index in [1.807, 2.05) is 6.92 Å². The largest absolute Gasteiger partial charge is 0.481 e. The van der Waals surface area contributed by atoms with Crippen molar-refractivity contribution in [1.82, 2.24) is 5.32 Å². The topological polar surface area (TPSA) is 101 Å². The summed E-state index contributed by atoms with van der Waals surface area (Å²) in [5, 5.41) is 11.0. The Morgan fingerprint density at radius 3 is 2.40 bits per heavy atom. The van der Waals surface area contributed by atoms with E-state index in [2.05, 4.69) is 5.32 Å². The smallest absolute Gasteiger partial charge is 0.308 e. The number of hydrogen-bond donors (Lipinski definition) is 2. The van der Waals surface area contributed by atoms with Gasteiger partial charge in [0.05, 0.1) is 11.2 Å². The molecule has 0 bridgehead atoms. The molecule has 0 aromatic carbocycles. The molecule has 1 amide bonds. The molecule has 7 heteroatoms. The molecule has 1 aliphatic rings. The first-order chi connectivity index (χ1) is 9.36. The number of carbonyl (C=O) groups excluding carboxylic acids is 1. The third-order valence-corrected chi connectivity index (χ3v) is 5.83. The number of amides is 1. The molecule has 2 N–H and O–H groups in total. The highest BCUT2D eigenvalue weighted by Crippen LogP contribution is 2.25. The van der Waals surface area contributed by atoms with Crippen LogP contribution in [0.15, 0.2) is 0 Å². The minimum atomic E-state index is -3.40. The molecular formula is C13H23NO5S. The first-order valence-electron chi connectivity index (χ1n) is 7.08. The number of carboxylic acids is 1. The van der Waals surface area contributed by atoms with E-state index in [0.717, 1.165) is 12.8 Å². The van der Waals surface area contributed by atoms with Crippen molar-refractivity contribution >= 4 is 21.7 Å². The zero-order chi connectivity index (χ0) is 15.2.